The molecule has 1 saturated heterocycles. The predicted octanol–water partition coefficient (Wildman–Crippen LogP) is 0.940. The van der Waals surface area contributed by atoms with Gasteiger partial charge in [0, 0.05) is 20.0 Å². The maximum Gasteiger partial charge on any atom is 0.472 e. The first kappa shape index (κ1) is 33.9. The molecule has 0 bridgehead atoms. The third-order valence-electron chi connectivity index (χ3n) is 6.75. The average Bonchev–Trinajstić information content (AvgIpc) is 3.70. The van der Waals surface area contributed by atoms with E-state index in [2.05, 4.69) is 34.4 Å². The minimum atomic E-state index is -4.78. The number of hydrogen-bond donors (Lipinski definition) is 5. The van der Waals surface area contributed by atoms with Crippen molar-refractivity contribution in [2.75, 3.05) is 38.4 Å². The van der Waals surface area contributed by atoms with Gasteiger partial charge in [0.25, 0.3) is 5.56 Å². The molecule has 0 spiro atoms. The largest absolute Gasteiger partial charge is 0.472 e. The summed E-state index contributed by atoms with van der Waals surface area (Å²) in [6, 6.07) is 0. The Balaban J connectivity index is 1.21. The monoisotopic (exact) mass is 692 g/mol. The summed E-state index contributed by atoms with van der Waals surface area (Å²) in [5.41, 5.74) is 11.5. The molecule has 1 fully saturated rings. The number of nitrogens with two attached hydrogens (primary N) is 2. The number of nitrogen functional groups attached to an aromatic ring is 2. The standard InChI is InChI=1S/C22H31FN10O11P2/c1-11(5-14(40-3-4-41-45(35,36)39-2)32-9-28-16-18(24)26-8-27-19(16)32)44-46(37,38)42-7-13-12(23)6-15(43-13)33-10-29-17-20(33)30-22(25)31-21(17)34/h8-15H,3-7H2,1-2H3,(H,35,36)(H,37,38)(H2,24,26,27)(H3,25,30,31,34)/t11-,12+,13-,14-,15-/m1/s1. The predicted molar refractivity (Wildman–Crippen MR) is 154 cm³/mol. The highest BCUT2D eigenvalue weighted by molar-refractivity contribution is 7.47. The second-order valence-electron chi connectivity index (χ2n) is 9.96. The van der Waals surface area contributed by atoms with Crippen LogP contribution in [0.5, 0.6) is 0 Å². The van der Waals surface area contributed by atoms with Gasteiger partial charge in [0.15, 0.2) is 22.6 Å². The molecule has 0 aliphatic carbocycles. The van der Waals surface area contributed by atoms with E-state index < -0.39 is 58.6 Å². The van der Waals surface area contributed by atoms with Gasteiger partial charge in [0.2, 0.25) is 5.95 Å². The number of nitrogens with one attached hydrogen (secondary N) is 1. The van der Waals surface area contributed by atoms with Gasteiger partial charge in [-0.2, -0.15) is 4.98 Å². The molecule has 252 valence electrons. The summed E-state index contributed by atoms with van der Waals surface area (Å²) in [4.78, 5) is 54.5. The minimum Gasteiger partial charge on any atom is -0.382 e. The second kappa shape index (κ2) is 13.7. The normalized spacial score (nSPS) is 22.6. The second-order valence-corrected chi connectivity index (χ2v) is 12.9. The maximum atomic E-state index is 14.9. The van der Waals surface area contributed by atoms with Gasteiger partial charge in [0.1, 0.15) is 36.6 Å². The SMILES string of the molecule is COP(=O)(O)OCCO[C@H](C[C@@H](C)OP(=O)(O)OC[C@H]1O[C@@H](n2cnc3c(=O)[nH]c(N)nc32)C[C@@H]1F)n1cnc2c(N)ncnc21. The number of aromatic amines is 1. The number of rotatable bonds is 15. The number of alkyl halides is 1. The fourth-order valence-electron chi connectivity index (χ4n) is 4.65. The molecule has 4 aromatic rings. The first-order valence-corrected chi connectivity index (χ1v) is 16.5. The molecule has 24 heteroatoms. The number of fused-ring (bicyclic) bond motifs is 2. The van der Waals surface area contributed by atoms with Crippen molar-refractivity contribution < 1.29 is 50.9 Å². The third kappa shape index (κ3) is 7.74. The van der Waals surface area contributed by atoms with Crippen molar-refractivity contribution in [3.63, 3.8) is 0 Å². The Morgan fingerprint density at radius 3 is 2.63 bits per heavy atom. The Morgan fingerprint density at radius 1 is 1.11 bits per heavy atom. The number of phosphoric ester groups is 2. The number of imidazole rings is 2. The van der Waals surface area contributed by atoms with E-state index in [0.29, 0.717) is 0 Å². The number of anilines is 2. The maximum absolute atomic E-state index is 14.9. The van der Waals surface area contributed by atoms with Gasteiger partial charge in [0.05, 0.1) is 38.6 Å². The van der Waals surface area contributed by atoms with Crippen molar-refractivity contribution in [3.8, 4) is 0 Å². The molecule has 46 heavy (non-hydrogen) atoms. The first-order chi connectivity index (χ1) is 21.8. The van der Waals surface area contributed by atoms with Crippen LogP contribution in [-0.4, -0.2) is 94.1 Å². The molecule has 0 saturated carbocycles. The third-order valence-corrected chi connectivity index (χ3v) is 8.82. The molecule has 0 radical (unpaired) electrons. The number of ether oxygens (including phenoxy) is 2. The topological polar surface area (TPSA) is 289 Å². The number of H-pyrrole nitrogens is 1. The van der Waals surface area contributed by atoms with E-state index in [9.17, 15) is 28.1 Å². The highest BCUT2D eigenvalue weighted by Crippen LogP contribution is 2.47. The lowest BCUT2D eigenvalue weighted by Crippen LogP contribution is -2.24. The summed E-state index contributed by atoms with van der Waals surface area (Å²) >= 11 is 0. The van der Waals surface area contributed by atoms with Crippen LogP contribution >= 0.6 is 15.6 Å². The molecular weight excluding hydrogens is 661 g/mol. The van der Waals surface area contributed by atoms with Gasteiger partial charge in [-0.05, 0) is 6.92 Å². The molecule has 4 aromatic heterocycles. The minimum absolute atomic E-state index is 0.0204. The van der Waals surface area contributed by atoms with Crippen molar-refractivity contribution in [1.29, 1.82) is 0 Å². The van der Waals surface area contributed by atoms with Crippen LogP contribution in [0.15, 0.2) is 23.8 Å². The van der Waals surface area contributed by atoms with E-state index in [4.69, 9.17) is 34.5 Å². The summed E-state index contributed by atoms with van der Waals surface area (Å²) < 4.78 is 73.1. The fourth-order valence-corrected chi connectivity index (χ4v) is 6.00. The molecule has 7 atom stereocenters. The molecule has 1 aliphatic heterocycles. The van der Waals surface area contributed by atoms with E-state index in [1.807, 2.05) is 0 Å². The smallest absolute Gasteiger partial charge is 0.382 e. The highest BCUT2D eigenvalue weighted by atomic mass is 31.2. The Bertz CT molecular complexity index is 1840. The van der Waals surface area contributed by atoms with E-state index in [-0.39, 0.29) is 60.1 Å². The molecule has 21 nitrogen and oxygen atoms in total. The molecule has 7 N–H and O–H groups in total. The lowest BCUT2D eigenvalue weighted by atomic mass is 10.2. The summed E-state index contributed by atoms with van der Waals surface area (Å²) in [6.45, 7) is 0.236. The lowest BCUT2D eigenvalue weighted by molar-refractivity contribution is -0.0472. The number of aromatic nitrogens is 8. The molecule has 0 amide bonds. The van der Waals surface area contributed by atoms with Gasteiger partial charge in [-0.1, -0.05) is 0 Å². The Kier molecular flexibility index (Phi) is 10.1. The van der Waals surface area contributed by atoms with Crippen LogP contribution in [0.25, 0.3) is 22.3 Å². The quantitative estimate of drug-likeness (QED) is 0.0855. The number of halogens is 1. The zero-order valence-electron chi connectivity index (χ0n) is 24.3. The van der Waals surface area contributed by atoms with Crippen LogP contribution in [-0.2, 0) is 36.7 Å². The van der Waals surface area contributed by atoms with Crippen LogP contribution in [0.3, 0.4) is 0 Å². The van der Waals surface area contributed by atoms with Crippen molar-refractivity contribution in [3.05, 3.63) is 29.3 Å². The average molecular weight is 692 g/mol. The van der Waals surface area contributed by atoms with E-state index in [0.717, 1.165) is 7.11 Å². The van der Waals surface area contributed by atoms with Gasteiger partial charge < -0.3 is 30.7 Å². The van der Waals surface area contributed by atoms with Crippen LogP contribution in [0.1, 0.15) is 32.2 Å². The highest BCUT2D eigenvalue weighted by Gasteiger charge is 2.39. The molecule has 5 rings (SSSR count). The van der Waals surface area contributed by atoms with Crippen LogP contribution in [0.4, 0.5) is 16.2 Å². The number of phosphoric acid groups is 2. The molecule has 2 unspecified atom stereocenters. The van der Waals surface area contributed by atoms with Crippen LogP contribution in [0, 0.1) is 0 Å². The summed E-state index contributed by atoms with van der Waals surface area (Å²) in [7, 11) is -8.04. The number of nitrogens with zero attached hydrogens (tertiary/aromatic N) is 7. The zero-order valence-corrected chi connectivity index (χ0v) is 26.1. The first-order valence-electron chi connectivity index (χ1n) is 13.5. The zero-order chi connectivity index (χ0) is 33.2. The lowest BCUT2D eigenvalue weighted by Gasteiger charge is -2.25. The Hall–Kier alpha value is -3.43. The van der Waals surface area contributed by atoms with Crippen molar-refractivity contribution >= 4 is 49.7 Å². The Labute approximate surface area is 258 Å². The van der Waals surface area contributed by atoms with Crippen molar-refractivity contribution in [2.24, 2.45) is 0 Å². The van der Waals surface area contributed by atoms with Crippen molar-refractivity contribution in [2.45, 2.75) is 50.6 Å². The summed E-state index contributed by atoms with van der Waals surface area (Å²) in [6.07, 6.45) is -2.29. The van der Waals surface area contributed by atoms with E-state index in [1.54, 1.807) is 0 Å². The number of hydrogen-bond acceptors (Lipinski definition) is 16. The summed E-state index contributed by atoms with van der Waals surface area (Å²) in [5, 5.41) is 0. The van der Waals surface area contributed by atoms with Gasteiger partial charge in [-0.15, -0.1) is 0 Å². The fraction of sp³-hybridized carbons (Fsp3) is 0.545. The molecular formula is C22H31FN10O11P2. The van der Waals surface area contributed by atoms with Crippen LogP contribution < -0.4 is 17.0 Å². The summed E-state index contributed by atoms with van der Waals surface area (Å²) in [5.74, 6) is -0.0643. The molecule has 1 aliphatic rings. The van der Waals surface area contributed by atoms with E-state index >= 15 is 0 Å². The van der Waals surface area contributed by atoms with Gasteiger partial charge >= 0.3 is 15.6 Å². The van der Waals surface area contributed by atoms with Crippen molar-refractivity contribution in [1.82, 2.24) is 39.0 Å². The van der Waals surface area contributed by atoms with Crippen LogP contribution in [0.2, 0.25) is 0 Å². The Morgan fingerprint density at radius 2 is 1.87 bits per heavy atom. The van der Waals surface area contributed by atoms with Gasteiger partial charge in [-0.3, -0.25) is 37.0 Å². The molecule has 0 aromatic carbocycles. The van der Waals surface area contributed by atoms with E-state index in [1.165, 1.54) is 35.0 Å². The molecule has 5 heterocycles. The van der Waals surface area contributed by atoms with Gasteiger partial charge in [-0.25, -0.2) is 33.5 Å².